The van der Waals surface area contributed by atoms with Gasteiger partial charge in [0.05, 0.1) is 6.54 Å². The molecule has 0 aliphatic heterocycles. The quantitative estimate of drug-likeness (QED) is 0.254. The fourth-order valence-corrected chi connectivity index (χ4v) is 4.86. The van der Waals surface area contributed by atoms with Crippen molar-refractivity contribution in [2.45, 2.75) is 52.4 Å². The second kappa shape index (κ2) is 12.6. The molecule has 0 fully saturated rings. The number of benzene rings is 3. The predicted octanol–water partition coefficient (Wildman–Crippen LogP) is 6.54. The minimum atomic E-state index is -0.239. The Hall–Kier alpha value is -3.35. The van der Waals surface area contributed by atoms with Crippen LogP contribution in [-0.4, -0.2) is 21.8 Å². The first-order chi connectivity index (χ1) is 17.4. The number of aromatic nitrogens is 1. The number of carbonyl (C=O) groups excluding carboxylic acids is 1. The number of thiazole rings is 1. The lowest BCUT2D eigenvalue weighted by Crippen LogP contribution is -2.33. The number of halogens is 1. The third-order valence-electron chi connectivity index (χ3n) is 6.08. The van der Waals surface area contributed by atoms with Gasteiger partial charge < -0.3 is 5.32 Å². The first-order valence-electron chi connectivity index (χ1n) is 12.3. The number of hydrogen-bond donors (Lipinski definition) is 1. The van der Waals surface area contributed by atoms with Crippen LogP contribution in [0.4, 0.5) is 4.39 Å². The second-order valence-electron chi connectivity index (χ2n) is 9.28. The summed E-state index contributed by atoms with van der Waals surface area (Å²) in [6.45, 7) is 6.10. The molecule has 3 aromatic carbocycles. The Morgan fingerprint density at radius 1 is 0.917 bits per heavy atom. The number of hydrogen-bond acceptors (Lipinski definition) is 4. The monoisotopic (exact) mass is 501 g/mol. The minimum absolute atomic E-state index is 0.0550. The summed E-state index contributed by atoms with van der Waals surface area (Å²) < 4.78 is 13.4. The van der Waals surface area contributed by atoms with Crippen molar-refractivity contribution in [2.24, 2.45) is 0 Å². The molecule has 4 nitrogen and oxygen atoms in total. The molecular formula is C30H32FN3OS. The molecule has 4 rings (SSSR count). The van der Waals surface area contributed by atoms with E-state index < -0.39 is 0 Å². The van der Waals surface area contributed by atoms with Crippen LogP contribution in [0.15, 0.2) is 84.2 Å². The Labute approximate surface area is 216 Å². The summed E-state index contributed by atoms with van der Waals surface area (Å²) in [4.78, 5) is 19.7. The fraction of sp³-hybridized carbons (Fsp3) is 0.267. The molecule has 0 saturated heterocycles. The second-order valence-corrected chi connectivity index (χ2v) is 10.2. The SMILES string of the molecule is Cc1ccc(CN(Cc2ccc(F)cc2)Cc2nc(C(=O)NC(C)CCc3ccccc3)cs2)cc1. The lowest BCUT2D eigenvalue weighted by Gasteiger charge is -2.21. The highest BCUT2D eigenvalue weighted by Crippen LogP contribution is 2.18. The highest BCUT2D eigenvalue weighted by atomic mass is 32.1. The Bertz CT molecular complexity index is 1190. The zero-order chi connectivity index (χ0) is 25.3. The van der Waals surface area contributed by atoms with Gasteiger partial charge >= 0.3 is 0 Å². The Kier molecular flexibility index (Phi) is 8.98. The van der Waals surface area contributed by atoms with Gasteiger partial charge in [0.2, 0.25) is 0 Å². The molecular weight excluding hydrogens is 469 g/mol. The molecule has 1 heterocycles. The Morgan fingerprint density at radius 2 is 1.56 bits per heavy atom. The normalized spacial score (nSPS) is 12.0. The van der Waals surface area contributed by atoms with Crippen LogP contribution in [-0.2, 0) is 26.1 Å². The molecule has 1 atom stereocenters. The van der Waals surface area contributed by atoms with Crippen LogP contribution in [0.3, 0.4) is 0 Å². The van der Waals surface area contributed by atoms with Crippen molar-refractivity contribution >= 4 is 17.2 Å². The first-order valence-corrected chi connectivity index (χ1v) is 13.1. The van der Waals surface area contributed by atoms with E-state index in [1.165, 1.54) is 40.2 Å². The van der Waals surface area contributed by atoms with Crippen molar-refractivity contribution in [3.8, 4) is 0 Å². The summed E-state index contributed by atoms with van der Waals surface area (Å²) in [5, 5.41) is 5.79. The van der Waals surface area contributed by atoms with Gasteiger partial charge in [-0.2, -0.15) is 0 Å². The predicted molar refractivity (Wildman–Crippen MR) is 144 cm³/mol. The van der Waals surface area contributed by atoms with E-state index in [0.717, 1.165) is 30.0 Å². The lowest BCUT2D eigenvalue weighted by atomic mass is 10.1. The van der Waals surface area contributed by atoms with Gasteiger partial charge in [-0.3, -0.25) is 9.69 Å². The van der Waals surface area contributed by atoms with Crippen molar-refractivity contribution in [3.63, 3.8) is 0 Å². The number of aryl methyl sites for hydroxylation is 2. The summed E-state index contributed by atoms with van der Waals surface area (Å²) in [5.41, 5.74) is 5.18. The summed E-state index contributed by atoms with van der Waals surface area (Å²) in [6, 6.07) is 25.4. The van der Waals surface area contributed by atoms with Crippen molar-refractivity contribution in [3.05, 3.63) is 123 Å². The molecule has 4 aromatic rings. The topological polar surface area (TPSA) is 45.2 Å². The van der Waals surface area contributed by atoms with E-state index in [1.807, 2.05) is 42.6 Å². The van der Waals surface area contributed by atoms with E-state index in [2.05, 4.69) is 58.5 Å². The fourth-order valence-electron chi connectivity index (χ4n) is 4.04. The Balaban J connectivity index is 1.38. The lowest BCUT2D eigenvalue weighted by molar-refractivity contribution is 0.0933. The highest BCUT2D eigenvalue weighted by molar-refractivity contribution is 7.09. The van der Waals surface area contributed by atoms with E-state index in [-0.39, 0.29) is 17.8 Å². The zero-order valence-corrected chi connectivity index (χ0v) is 21.6. The molecule has 0 spiro atoms. The molecule has 0 saturated carbocycles. The maximum atomic E-state index is 13.4. The van der Waals surface area contributed by atoms with Crippen LogP contribution >= 0.6 is 11.3 Å². The van der Waals surface area contributed by atoms with Gasteiger partial charge in [0.1, 0.15) is 16.5 Å². The van der Waals surface area contributed by atoms with Gasteiger partial charge in [0.15, 0.2) is 0 Å². The van der Waals surface area contributed by atoms with Gasteiger partial charge in [-0.25, -0.2) is 9.37 Å². The van der Waals surface area contributed by atoms with Crippen LogP contribution in [0.1, 0.15) is 51.1 Å². The van der Waals surface area contributed by atoms with Crippen LogP contribution in [0.25, 0.3) is 0 Å². The van der Waals surface area contributed by atoms with Gasteiger partial charge in [0.25, 0.3) is 5.91 Å². The first kappa shape index (κ1) is 25.7. The van der Waals surface area contributed by atoms with Crippen LogP contribution in [0, 0.1) is 12.7 Å². The van der Waals surface area contributed by atoms with E-state index in [9.17, 15) is 9.18 Å². The van der Waals surface area contributed by atoms with Crippen LogP contribution < -0.4 is 5.32 Å². The number of amides is 1. The molecule has 1 N–H and O–H groups in total. The standard InChI is InChI=1S/C30H32FN3OS/c1-22-8-11-25(12-9-22)18-34(19-26-14-16-27(31)17-15-26)20-29-33-28(21-36-29)30(35)32-23(2)10-13-24-6-4-3-5-7-24/h3-9,11-12,14-17,21,23H,10,13,18-20H2,1-2H3,(H,32,35). The average molecular weight is 502 g/mol. The summed E-state index contributed by atoms with van der Waals surface area (Å²) in [7, 11) is 0. The maximum absolute atomic E-state index is 13.4. The molecule has 1 aromatic heterocycles. The van der Waals surface area contributed by atoms with Crippen molar-refractivity contribution in [1.29, 1.82) is 0 Å². The molecule has 1 unspecified atom stereocenters. The van der Waals surface area contributed by atoms with Crippen LogP contribution in [0.5, 0.6) is 0 Å². The third kappa shape index (κ3) is 7.83. The van der Waals surface area contributed by atoms with Gasteiger partial charge in [0, 0.05) is 24.5 Å². The summed E-state index contributed by atoms with van der Waals surface area (Å²) in [6.07, 6.45) is 1.79. The van der Waals surface area contributed by atoms with E-state index >= 15 is 0 Å². The molecule has 36 heavy (non-hydrogen) atoms. The van der Waals surface area contributed by atoms with Gasteiger partial charge in [-0.15, -0.1) is 11.3 Å². The molecule has 0 bridgehead atoms. The van der Waals surface area contributed by atoms with E-state index in [0.29, 0.717) is 18.8 Å². The molecule has 0 aliphatic carbocycles. The van der Waals surface area contributed by atoms with E-state index in [1.54, 1.807) is 0 Å². The largest absolute Gasteiger partial charge is 0.348 e. The number of nitrogens with one attached hydrogen (secondary N) is 1. The highest BCUT2D eigenvalue weighted by Gasteiger charge is 2.16. The van der Waals surface area contributed by atoms with Gasteiger partial charge in [-0.1, -0.05) is 72.3 Å². The van der Waals surface area contributed by atoms with Crippen LogP contribution in [0.2, 0.25) is 0 Å². The average Bonchev–Trinajstić information content (AvgIpc) is 3.35. The molecule has 0 aliphatic rings. The molecule has 0 radical (unpaired) electrons. The third-order valence-corrected chi connectivity index (χ3v) is 6.91. The zero-order valence-electron chi connectivity index (χ0n) is 20.8. The maximum Gasteiger partial charge on any atom is 0.270 e. The molecule has 186 valence electrons. The Morgan fingerprint density at radius 3 is 2.22 bits per heavy atom. The number of rotatable bonds is 11. The van der Waals surface area contributed by atoms with Gasteiger partial charge in [-0.05, 0) is 55.5 Å². The number of nitrogens with zero attached hydrogens (tertiary/aromatic N) is 2. The minimum Gasteiger partial charge on any atom is -0.348 e. The van der Waals surface area contributed by atoms with Crippen molar-refractivity contribution in [2.75, 3.05) is 0 Å². The molecule has 6 heteroatoms. The number of carbonyl (C=O) groups is 1. The molecule has 1 amide bonds. The summed E-state index contributed by atoms with van der Waals surface area (Å²) in [5.74, 6) is -0.376. The summed E-state index contributed by atoms with van der Waals surface area (Å²) >= 11 is 1.50. The van der Waals surface area contributed by atoms with Crippen molar-refractivity contribution < 1.29 is 9.18 Å². The van der Waals surface area contributed by atoms with Crippen molar-refractivity contribution in [1.82, 2.24) is 15.2 Å². The van der Waals surface area contributed by atoms with E-state index in [4.69, 9.17) is 0 Å². The smallest absolute Gasteiger partial charge is 0.270 e.